The molecule has 0 fully saturated rings. The normalized spacial score (nSPS) is 11.8. The molecule has 21 heavy (non-hydrogen) atoms. The minimum absolute atomic E-state index is 0.229. The van der Waals surface area contributed by atoms with Crippen LogP contribution in [-0.4, -0.2) is 22.9 Å². The summed E-state index contributed by atoms with van der Waals surface area (Å²) in [5, 5.41) is 9.80. The number of rotatable bonds is 5. The Hall–Kier alpha value is -2.50. The Morgan fingerprint density at radius 1 is 1.38 bits per heavy atom. The lowest BCUT2D eigenvalue weighted by atomic mass is 10.3. The number of ether oxygens (including phenoxy) is 1. The maximum absolute atomic E-state index is 12.0. The van der Waals surface area contributed by atoms with Gasteiger partial charge in [-0.25, -0.2) is 9.48 Å². The van der Waals surface area contributed by atoms with E-state index in [9.17, 15) is 4.79 Å². The summed E-state index contributed by atoms with van der Waals surface area (Å²) in [5.74, 6) is 1.36. The number of hydrogen-bond donors (Lipinski definition) is 2. The molecule has 0 saturated carbocycles. The average Bonchev–Trinajstić information content (AvgIpc) is 2.94. The third kappa shape index (κ3) is 3.75. The van der Waals surface area contributed by atoms with Gasteiger partial charge in [-0.2, -0.15) is 5.10 Å². The summed E-state index contributed by atoms with van der Waals surface area (Å²) in [5.41, 5.74) is 0.668. The maximum atomic E-state index is 12.0. The van der Waals surface area contributed by atoms with Crippen molar-refractivity contribution in [2.45, 2.75) is 26.3 Å². The number of nitrogens with one attached hydrogen (secondary N) is 2. The summed E-state index contributed by atoms with van der Waals surface area (Å²) in [7, 11) is 1.59. The van der Waals surface area contributed by atoms with E-state index in [0.29, 0.717) is 17.3 Å². The van der Waals surface area contributed by atoms with Gasteiger partial charge in [0.1, 0.15) is 11.6 Å². The van der Waals surface area contributed by atoms with E-state index in [4.69, 9.17) is 4.74 Å². The van der Waals surface area contributed by atoms with Crippen molar-refractivity contribution in [1.82, 2.24) is 9.78 Å². The number of amides is 2. The Bertz CT molecular complexity index is 609. The Labute approximate surface area is 124 Å². The molecule has 112 valence electrons. The lowest BCUT2D eigenvalue weighted by molar-refractivity contribution is 0.262. The van der Waals surface area contributed by atoms with Crippen LogP contribution in [0, 0.1) is 0 Å². The first kappa shape index (κ1) is 14.9. The molecule has 0 saturated heterocycles. The summed E-state index contributed by atoms with van der Waals surface area (Å²) in [6.45, 7) is 4.13. The number of benzene rings is 1. The predicted molar refractivity (Wildman–Crippen MR) is 82.9 cm³/mol. The molecular formula is C15H20N4O2. The summed E-state index contributed by atoms with van der Waals surface area (Å²) in [6.07, 6.45) is 2.61. The van der Waals surface area contributed by atoms with Gasteiger partial charge in [-0.05, 0) is 25.5 Å². The summed E-state index contributed by atoms with van der Waals surface area (Å²) in [4.78, 5) is 12.0. The van der Waals surface area contributed by atoms with E-state index in [1.165, 1.54) is 0 Å². The van der Waals surface area contributed by atoms with Crippen LogP contribution in [0.5, 0.6) is 5.75 Å². The van der Waals surface area contributed by atoms with E-state index < -0.39 is 0 Å². The molecule has 0 aliphatic heterocycles. The second-order valence-corrected chi connectivity index (χ2v) is 4.73. The highest BCUT2D eigenvalue weighted by Crippen LogP contribution is 2.18. The highest BCUT2D eigenvalue weighted by atomic mass is 16.5. The number of aromatic nitrogens is 2. The van der Waals surface area contributed by atoms with E-state index in [-0.39, 0.29) is 12.1 Å². The van der Waals surface area contributed by atoms with Crippen molar-refractivity contribution >= 4 is 17.5 Å². The molecule has 0 bridgehead atoms. The molecule has 1 atom stereocenters. The van der Waals surface area contributed by atoms with Crippen molar-refractivity contribution in [3.8, 4) is 5.75 Å². The van der Waals surface area contributed by atoms with Crippen molar-refractivity contribution in [2.75, 3.05) is 17.7 Å². The van der Waals surface area contributed by atoms with Crippen molar-refractivity contribution in [2.24, 2.45) is 0 Å². The smallest absolute Gasteiger partial charge is 0.324 e. The fourth-order valence-electron chi connectivity index (χ4n) is 1.92. The van der Waals surface area contributed by atoms with E-state index in [0.717, 1.165) is 6.42 Å². The van der Waals surface area contributed by atoms with Crippen molar-refractivity contribution in [3.05, 3.63) is 36.5 Å². The number of urea groups is 1. The third-order valence-corrected chi connectivity index (χ3v) is 3.25. The van der Waals surface area contributed by atoms with Crippen molar-refractivity contribution in [3.63, 3.8) is 0 Å². The van der Waals surface area contributed by atoms with Gasteiger partial charge in [-0.1, -0.05) is 13.0 Å². The van der Waals surface area contributed by atoms with Crippen LogP contribution in [0.3, 0.4) is 0 Å². The van der Waals surface area contributed by atoms with E-state index in [1.807, 2.05) is 12.1 Å². The van der Waals surface area contributed by atoms with E-state index >= 15 is 0 Å². The molecule has 0 aliphatic carbocycles. The van der Waals surface area contributed by atoms with Gasteiger partial charge in [0.05, 0.1) is 19.3 Å². The molecule has 6 nitrogen and oxygen atoms in total. The standard InChI is InChI=1S/C15H20N4O2/c1-4-11(2)19-14(8-9-16-19)18-15(20)17-12-6-5-7-13(10-12)21-3/h5-11H,4H2,1-3H3,(H2,17,18,20). The molecule has 0 radical (unpaired) electrons. The van der Waals surface area contributed by atoms with Crippen molar-refractivity contribution < 1.29 is 9.53 Å². The average molecular weight is 288 g/mol. The zero-order valence-corrected chi connectivity index (χ0v) is 12.5. The third-order valence-electron chi connectivity index (χ3n) is 3.25. The van der Waals surface area contributed by atoms with Crippen LogP contribution in [0.4, 0.5) is 16.3 Å². The maximum Gasteiger partial charge on any atom is 0.324 e. The SMILES string of the molecule is CCC(C)n1nccc1NC(=O)Nc1cccc(OC)c1. The second kappa shape index (κ2) is 6.78. The van der Waals surface area contributed by atoms with Crippen LogP contribution in [0.25, 0.3) is 0 Å². The molecule has 6 heteroatoms. The summed E-state index contributed by atoms with van der Waals surface area (Å²) >= 11 is 0. The molecule has 1 aromatic heterocycles. The largest absolute Gasteiger partial charge is 0.497 e. The van der Waals surface area contributed by atoms with E-state index in [1.54, 1.807) is 36.2 Å². The molecule has 1 aromatic carbocycles. The van der Waals surface area contributed by atoms with Crippen molar-refractivity contribution in [1.29, 1.82) is 0 Å². The highest BCUT2D eigenvalue weighted by Gasteiger charge is 2.11. The quantitative estimate of drug-likeness (QED) is 0.884. The van der Waals surface area contributed by atoms with Crippen LogP contribution in [0.1, 0.15) is 26.3 Å². The van der Waals surface area contributed by atoms with Gasteiger partial charge in [0.15, 0.2) is 0 Å². The molecule has 2 N–H and O–H groups in total. The molecule has 2 aromatic rings. The molecule has 0 aliphatic rings. The molecule has 2 amide bonds. The van der Waals surface area contributed by atoms with Gasteiger partial charge in [0.2, 0.25) is 0 Å². The monoisotopic (exact) mass is 288 g/mol. The van der Waals surface area contributed by atoms with Crippen LogP contribution in [0.15, 0.2) is 36.5 Å². The fourth-order valence-corrected chi connectivity index (χ4v) is 1.92. The minimum Gasteiger partial charge on any atom is -0.497 e. The van der Waals surface area contributed by atoms with Gasteiger partial charge in [-0.15, -0.1) is 0 Å². The number of nitrogens with zero attached hydrogens (tertiary/aromatic N) is 2. The molecule has 1 heterocycles. The van der Waals surface area contributed by atoms with Gasteiger partial charge in [0.25, 0.3) is 0 Å². The Balaban J connectivity index is 2.03. The summed E-state index contributed by atoms with van der Waals surface area (Å²) < 4.78 is 6.92. The van der Waals surface area contributed by atoms with Crippen LogP contribution >= 0.6 is 0 Å². The molecule has 0 spiro atoms. The van der Waals surface area contributed by atoms with Crippen LogP contribution < -0.4 is 15.4 Å². The number of methoxy groups -OCH3 is 1. The Morgan fingerprint density at radius 2 is 2.19 bits per heavy atom. The first-order valence-electron chi connectivity index (χ1n) is 6.89. The number of carbonyl (C=O) groups is 1. The van der Waals surface area contributed by atoms with E-state index in [2.05, 4.69) is 29.6 Å². The zero-order chi connectivity index (χ0) is 15.2. The first-order valence-corrected chi connectivity index (χ1v) is 6.89. The highest BCUT2D eigenvalue weighted by molar-refractivity contribution is 5.99. The molecule has 1 unspecified atom stereocenters. The lowest BCUT2D eigenvalue weighted by Crippen LogP contribution is -2.22. The van der Waals surface area contributed by atoms with Gasteiger partial charge < -0.3 is 10.1 Å². The fraction of sp³-hybridized carbons (Fsp3) is 0.333. The topological polar surface area (TPSA) is 68.2 Å². The molecular weight excluding hydrogens is 268 g/mol. The van der Waals surface area contributed by atoms with Gasteiger partial charge in [-0.3, -0.25) is 5.32 Å². The predicted octanol–water partition coefficient (Wildman–Crippen LogP) is 3.51. The zero-order valence-electron chi connectivity index (χ0n) is 12.5. The number of hydrogen-bond acceptors (Lipinski definition) is 3. The Kier molecular flexibility index (Phi) is 4.81. The first-order chi connectivity index (χ1) is 10.1. The van der Waals surface area contributed by atoms with Gasteiger partial charge in [0, 0.05) is 17.8 Å². The number of carbonyl (C=O) groups excluding carboxylic acids is 1. The lowest BCUT2D eigenvalue weighted by Gasteiger charge is -2.14. The number of anilines is 2. The van der Waals surface area contributed by atoms with Gasteiger partial charge >= 0.3 is 6.03 Å². The Morgan fingerprint density at radius 3 is 2.90 bits per heavy atom. The summed E-state index contributed by atoms with van der Waals surface area (Å²) in [6, 6.07) is 8.89. The molecule has 2 rings (SSSR count). The second-order valence-electron chi connectivity index (χ2n) is 4.73. The van der Waals surface area contributed by atoms with Crippen LogP contribution in [0.2, 0.25) is 0 Å². The van der Waals surface area contributed by atoms with Crippen LogP contribution in [-0.2, 0) is 0 Å². The minimum atomic E-state index is -0.312.